The third-order valence-electron chi connectivity index (χ3n) is 2.79. The second-order valence-electron chi connectivity index (χ2n) is 4.97. The van der Waals surface area contributed by atoms with Gasteiger partial charge in [-0.1, -0.05) is 36.4 Å². The van der Waals surface area contributed by atoms with Gasteiger partial charge in [0.1, 0.15) is 0 Å². The van der Waals surface area contributed by atoms with Crippen LogP contribution >= 0.6 is 0 Å². The predicted octanol–water partition coefficient (Wildman–Crippen LogP) is 0.651. The fourth-order valence-electron chi connectivity index (χ4n) is 2.10. The van der Waals surface area contributed by atoms with E-state index >= 15 is 0 Å². The highest BCUT2D eigenvalue weighted by Gasteiger charge is 2.15. The van der Waals surface area contributed by atoms with Gasteiger partial charge in [0.25, 0.3) is 0 Å². The minimum atomic E-state index is -1.41. The summed E-state index contributed by atoms with van der Waals surface area (Å²) in [5.41, 5.74) is 1.85. The van der Waals surface area contributed by atoms with Gasteiger partial charge in [-0.25, -0.2) is 0 Å². The van der Waals surface area contributed by atoms with Crippen LogP contribution in [0.5, 0.6) is 0 Å². The molecule has 1 aromatic rings. The number of carbonyl (C=O) groups excluding carboxylic acids is 2. The number of aromatic carboxylic acids is 2. The number of hydrogen-bond donors (Lipinski definition) is 0. The first-order valence-corrected chi connectivity index (χ1v) is 6.10. The molecule has 0 spiro atoms. The summed E-state index contributed by atoms with van der Waals surface area (Å²) < 4.78 is 0. The van der Waals surface area contributed by atoms with E-state index in [1.165, 1.54) is 12.1 Å². The molecular formula is C16H16O4-2. The maximum absolute atomic E-state index is 11.4. The second kappa shape index (κ2) is 6.19. The lowest BCUT2D eigenvalue weighted by atomic mass is 9.89. The number of rotatable bonds is 6. The van der Waals surface area contributed by atoms with Crippen molar-refractivity contribution in [2.24, 2.45) is 0 Å². The molecule has 0 fully saturated rings. The van der Waals surface area contributed by atoms with E-state index < -0.39 is 11.9 Å². The lowest BCUT2D eigenvalue weighted by molar-refractivity contribution is -0.255. The third kappa shape index (κ3) is 3.57. The topological polar surface area (TPSA) is 80.3 Å². The van der Waals surface area contributed by atoms with Crippen LogP contribution in [0.25, 0.3) is 0 Å². The first-order chi connectivity index (χ1) is 9.23. The predicted molar refractivity (Wildman–Crippen MR) is 72.1 cm³/mol. The molecule has 20 heavy (non-hydrogen) atoms. The average Bonchev–Trinajstić information content (AvgIpc) is 2.26. The van der Waals surface area contributed by atoms with Gasteiger partial charge in [0.05, 0.1) is 11.9 Å². The SMILES string of the molecule is C=C(C)Cc1ccc(C(=O)[O-])c(CC(=C)C)c1C(=O)[O-]. The highest BCUT2D eigenvalue weighted by Crippen LogP contribution is 2.23. The summed E-state index contributed by atoms with van der Waals surface area (Å²) in [6, 6.07) is 2.82. The maximum Gasteiger partial charge on any atom is 0.0721 e. The van der Waals surface area contributed by atoms with Gasteiger partial charge in [0.15, 0.2) is 0 Å². The monoisotopic (exact) mass is 272 g/mol. The molecular weight excluding hydrogens is 256 g/mol. The molecule has 0 atom stereocenters. The van der Waals surface area contributed by atoms with Crippen LogP contribution in [0.4, 0.5) is 0 Å². The number of allylic oxidation sites excluding steroid dienone is 2. The van der Waals surface area contributed by atoms with Gasteiger partial charge >= 0.3 is 0 Å². The molecule has 4 nitrogen and oxygen atoms in total. The average molecular weight is 272 g/mol. The summed E-state index contributed by atoms with van der Waals surface area (Å²) in [6.07, 6.45) is 0.497. The van der Waals surface area contributed by atoms with Crippen LogP contribution in [0.3, 0.4) is 0 Å². The largest absolute Gasteiger partial charge is 0.545 e. The molecule has 0 amide bonds. The van der Waals surface area contributed by atoms with Crippen molar-refractivity contribution < 1.29 is 19.8 Å². The van der Waals surface area contributed by atoms with E-state index in [1.807, 2.05) is 0 Å². The molecule has 1 rings (SSSR count). The van der Waals surface area contributed by atoms with Crippen molar-refractivity contribution in [3.8, 4) is 0 Å². The Balaban J connectivity index is 3.59. The molecule has 0 bridgehead atoms. The van der Waals surface area contributed by atoms with E-state index in [4.69, 9.17) is 0 Å². The van der Waals surface area contributed by atoms with Crippen molar-refractivity contribution >= 4 is 11.9 Å². The molecule has 0 saturated heterocycles. The van der Waals surface area contributed by atoms with E-state index in [9.17, 15) is 19.8 Å². The summed E-state index contributed by atoms with van der Waals surface area (Å²) in [5, 5.41) is 22.5. The van der Waals surface area contributed by atoms with Crippen molar-refractivity contribution in [2.45, 2.75) is 26.7 Å². The molecule has 1 aromatic carbocycles. The van der Waals surface area contributed by atoms with Crippen LogP contribution in [-0.4, -0.2) is 11.9 Å². The summed E-state index contributed by atoms with van der Waals surface area (Å²) >= 11 is 0. The van der Waals surface area contributed by atoms with Crippen molar-refractivity contribution in [1.82, 2.24) is 0 Å². The standard InChI is InChI=1S/C16H18O4/c1-9(2)7-11-5-6-12(15(17)18)13(8-10(3)4)14(11)16(19)20/h5-6H,1,3,7-8H2,2,4H3,(H,17,18)(H,19,20)/p-2. The van der Waals surface area contributed by atoms with Crippen LogP contribution in [0.2, 0.25) is 0 Å². The van der Waals surface area contributed by atoms with E-state index in [0.717, 1.165) is 5.57 Å². The van der Waals surface area contributed by atoms with Crippen LogP contribution in [0, 0.1) is 0 Å². The molecule has 0 aliphatic heterocycles. The third-order valence-corrected chi connectivity index (χ3v) is 2.79. The van der Waals surface area contributed by atoms with Gasteiger partial charge in [0, 0.05) is 11.1 Å². The number of carbonyl (C=O) groups is 2. The molecule has 0 saturated carbocycles. The van der Waals surface area contributed by atoms with Crippen LogP contribution < -0.4 is 10.2 Å². The maximum atomic E-state index is 11.4. The zero-order valence-corrected chi connectivity index (χ0v) is 11.6. The molecule has 0 radical (unpaired) electrons. The molecule has 0 aliphatic rings. The fourth-order valence-corrected chi connectivity index (χ4v) is 2.10. The lowest BCUT2D eigenvalue weighted by Gasteiger charge is -2.20. The number of carboxylic acid groups (broad SMARTS) is 2. The number of benzene rings is 1. The van der Waals surface area contributed by atoms with Crippen LogP contribution in [0.15, 0.2) is 36.4 Å². The first kappa shape index (κ1) is 15.7. The molecule has 106 valence electrons. The second-order valence-corrected chi connectivity index (χ2v) is 4.97. The minimum Gasteiger partial charge on any atom is -0.545 e. The van der Waals surface area contributed by atoms with Gasteiger partial charge in [-0.3, -0.25) is 0 Å². The molecule has 0 aromatic heterocycles. The van der Waals surface area contributed by atoms with E-state index in [0.29, 0.717) is 17.6 Å². The molecule has 0 unspecified atom stereocenters. The lowest BCUT2D eigenvalue weighted by Crippen LogP contribution is -2.30. The van der Waals surface area contributed by atoms with Gasteiger partial charge in [-0.15, -0.1) is 0 Å². The summed E-state index contributed by atoms with van der Waals surface area (Å²) in [5.74, 6) is -2.81. The summed E-state index contributed by atoms with van der Waals surface area (Å²) in [4.78, 5) is 22.5. The number of hydrogen-bond acceptors (Lipinski definition) is 4. The molecule has 4 heteroatoms. The molecule has 0 heterocycles. The Labute approximate surface area is 118 Å². The van der Waals surface area contributed by atoms with Gasteiger partial charge in [-0.05, 0) is 37.8 Å². The molecule has 0 N–H and O–H groups in total. The van der Waals surface area contributed by atoms with Gasteiger partial charge in [-0.2, -0.15) is 0 Å². The Morgan fingerprint density at radius 1 is 1.00 bits per heavy atom. The fraction of sp³-hybridized carbons (Fsp3) is 0.250. The first-order valence-electron chi connectivity index (χ1n) is 6.10. The van der Waals surface area contributed by atoms with Crippen molar-refractivity contribution in [3.63, 3.8) is 0 Å². The zero-order valence-electron chi connectivity index (χ0n) is 11.6. The smallest absolute Gasteiger partial charge is 0.0721 e. The van der Waals surface area contributed by atoms with Crippen molar-refractivity contribution in [2.75, 3.05) is 0 Å². The quantitative estimate of drug-likeness (QED) is 0.712. The Bertz CT molecular complexity index is 597. The van der Waals surface area contributed by atoms with Crippen LogP contribution in [0.1, 0.15) is 45.7 Å². The summed E-state index contributed by atoms with van der Waals surface area (Å²) in [6.45, 7) is 10.9. The Kier molecular flexibility index (Phi) is 4.86. The van der Waals surface area contributed by atoms with Gasteiger partial charge < -0.3 is 19.8 Å². The Hall–Kier alpha value is -2.36. The minimum absolute atomic E-state index is 0.0994. The van der Waals surface area contributed by atoms with Crippen LogP contribution in [-0.2, 0) is 12.8 Å². The normalized spacial score (nSPS) is 10.1. The zero-order chi connectivity index (χ0) is 15.4. The van der Waals surface area contributed by atoms with Crippen molar-refractivity contribution in [3.05, 3.63) is 58.7 Å². The van der Waals surface area contributed by atoms with Gasteiger partial charge in [0.2, 0.25) is 0 Å². The Morgan fingerprint density at radius 2 is 1.55 bits per heavy atom. The number of carboxylic acids is 2. The highest BCUT2D eigenvalue weighted by molar-refractivity contribution is 5.96. The van der Waals surface area contributed by atoms with Crippen molar-refractivity contribution in [1.29, 1.82) is 0 Å². The van der Waals surface area contributed by atoms with E-state index in [-0.39, 0.29) is 23.1 Å². The summed E-state index contributed by atoms with van der Waals surface area (Å²) in [7, 11) is 0. The van der Waals surface area contributed by atoms with E-state index in [1.54, 1.807) is 13.8 Å². The van der Waals surface area contributed by atoms with E-state index in [2.05, 4.69) is 13.2 Å². The Morgan fingerprint density at radius 3 is 1.95 bits per heavy atom. The molecule has 0 aliphatic carbocycles. The highest BCUT2D eigenvalue weighted by atomic mass is 16.4.